The molecule has 2 aromatic rings. The van der Waals surface area contributed by atoms with E-state index in [9.17, 15) is 4.79 Å². The van der Waals surface area contributed by atoms with Crippen molar-refractivity contribution in [1.82, 2.24) is 5.32 Å². The number of thioether (sulfide) groups is 1. The van der Waals surface area contributed by atoms with Crippen molar-refractivity contribution in [2.75, 3.05) is 5.75 Å². The van der Waals surface area contributed by atoms with Gasteiger partial charge < -0.3 is 5.32 Å². The molecule has 2 aromatic carbocycles. The maximum absolute atomic E-state index is 12.0. The molecule has 3 nitrogen and oxygen atoms in total. The zero-order valence-corrected chi connectivity index (χ0v) is 15.2. The highest BCUT2D eigenvalue weighted by molar-refractivity contribution is 9.10. The van der Waals surface area contributed by atoms with E-state index in [4.69, 9.17) is 5.26 Å². The molecular formula is C18H17BrN2OS. The molecule has 0 aliphatic heterocycles. The first-order chi connectivity index (χ1) is 11.1. The molecule has 0 fully saturated rings. The third-order valence-corrected chi connectivity index (χ3v) is 4.89. The number of amides is 1. The van der Waals surface area contributed by atoms with Crippen molar-refractivity contribution in [2.24, 2.45) is 0 Å². The summed E-state index contributed by atoms with van der Waals surface area (Å²) in [5.41, 5.74) is 2.71. The Labute approximate surface area is 149 Å². The van der Waals surface area contributed by atoms with E-state index in [-0.39, 0.29) is 11.9 Å². The van der Waals surface area contributed by atoms with E-state index in [0.29, 0.717) is 17.1 Å². The lowest BCUT2D eigenvalue weighted by Gasteiger charge is -2.14. The van der Waals surface area contributed by atoms with Crippen LogP contribution in [0.3, 0.4) is 0 Å². The van der Waals surface area contributed by atoms with E-state index in [1.165, 1.54) is 11.8 Å². The molecule has 0 aromatic heterocycles. The van der Waals surface area contributed by atoms with E-state index in [1.807, 2.05) is 49.4 Å². The lowest BCUT2D eigenvalue weighted by atomic mass is 10.1. The fourth-order valence-electron chi connectivity index (χ4n) is 2.13. The minimum Gasteiger partial charge on any atom is -0.349 e. The van der Waals surface area contributed by atoms with Crippen LogP contribution in [-0.4, -0.2) is 11.7 Å². The van der Waals surface area contributed by atoms with Crippen molar-refractivity contribution in [1.29, 1.82) is 5.26 Å². The minimum atomic E-state index is -0.0254. The van der Waals surface area contributed by atoms with E-state index >= 15 is 0 Å². The van der Waals surface area contributed by atoms with Gasteiger partial charge in [0.1, 0.15) is 0 Å². The van der Waals surface area contributed by atoms with Gasteiger partial charge in [-0.05, 0) is 36.2 Å². The SMILES string of the molecule is C[C@@H](NC(=O)CSCc1ccccc1C#N)c1ccc(Br)cc1. The molecule has 2 rings (SSSR count). The summed E-state index contributed by atoms with van der Waals surface area (Å²) in [4.78, 5) is 12.0. The molecule has 0 heterocycles. The molecule has 0 radical (unpaired) electrons. The van der Waals surface area contributed by atoms with Gasteiger partial charge in [-0.1, -0.05) is 46.3 Å². The number of halogens is 1. The molecule has 0 unspecified atom stereocenters. The minimum absolute atomic E-state index is 0.000132. The number of nitriles is 1. The number of rotatable bonds is 6. The summed E-state index contributed by atoms with van der Waals surface area (Å²) in [6.45, 7) is 1.97. The first-order valence-electron chi connectivity index (χ1n) is 7.20. The molecule has 118 valence electrons. The van der Waals surface area contributed by atoms with Crippen molar-refractivity contribution >= 4 is 33.6 Å². The normalized spacial score (nSPS) is 11.5. The van der Waals surface area contributed by atoms with Crippen LogP contribution in [-0.2, 0) is 10.5 Å². The van der Waals surface area contributed by atoms with E-state index in [1.54, 1.807) is 6.07 Å². The number of nitrogens with one attached hydrogen (secondary N) is 1. The lowest BCUT2D eigenvalue weighted by Crippen LogP contribution is -2.28. The summed E-state index contributed by atoms with van der Waals surface area (Å²) >= 11 is 4.91. The van der Waals surface area contributed by atoms with Gasteiger partial charge in [-0.3, -0.25) is 4.79 Å². The molecule has 23 heavy (non-hydrogen) atoms. The molecule has 0 aliphatic carbocycles. The number of carbonyl (C=O) groups is 1. The third kappa shape index (κ3) is 5.42. The smallest absolute Gasteiger partial charge is 0.230 e. The van der Waals surface area contributed by atoms with Gasteiger partial charge in [0.15, 0.2) is 0 Å². The summed E-state index contributed by atoms with van der Waals surface area (Å²) in [6.07, 6.45) is 0. The number of benzene rings is 2. The fourth-order valence-corrected chi connectivity index (χ4v) is 3.23. The number of nitrogens with zero attached hydrogens (tertiary/aromatic N) is 1. The quantitative estimate of drug-likeness (QED) is 0.795. The predicted octanol–water partition coefficient (Wildman–Crippen LogP) is 4.43. The highest BCUT2D eigenvalue weighted by Gasteiger charge is 2.10. The molecule has 0 saturated heterocycles. The van der Waals surface area contributed by atoms with Crippen molar-refractivity contribution in [3.8, 4) is 6.07 Å². The number of carbonyl (C=O) groups excluding carboxylic acids is 1. The summed E-state index contributed by atoms with van der Waals surface area (Å²) in [5, 5.41) is 12.0. The summed E-state index contributed by atoms with van der Waals surface area (Å²) < 4.78 is 1.02. The van der Waals surface area contributed by atoms with Crippen LogP contribution in [0.2, 0.25) is 0 Å². The van der Waals surface area contributed by atoms with Crippen LogP contribution in [0.25, 0.3) is 0 Å². The van der Waals surface area contributed by atoms with Gasteiger partial charge in [0.25, 0.3) is 0 Å². The predicted molar refractivity (Wildman–Crippen MR) is 98.0 cm³/mol. The third-order valence-electron chi connectivity index (χ3n) is 3.38. The number of hydrogen-bond donors (Lipinski definition) is 1. The van der Waals surface area contributed by atoms with E-state index in [0.717, 1.165) is 15.6 Å². The van der Waals surface area contributed by atoms with Gasteiger partial charge in [0.05, 0.1) is 23.4 Å². The average Bonchev–Trinajstić information content (AvgIpc) is 2.55. The Balaban J connectivity index is 1.81. The zero-order valence-electron chi connectivity index (χ0n) is 12.8. The van der Waals surface area contributed by atoms with Crippen molar-refractivity contribution in [3.05, 3.63) is 69.7 Å². The Morgan fingerprint density at radius 3 is 2.65 bits per heavy atom. The molecule has 1 amide bonds. The van der Waals surface area contributed by atoms with Crippen LogP contribution in [0.5, 0.6) is 0 Å². The average molecular weight is 389 g/mol. The van der Waals surface area contributed by atoms with Gasteiger partial charge in [0.2, 0.25) is 5.91 Å². The van der Waals surface area contributed by atoms with Crippen LogP contribution < -0.4 is 5.32 Å². The summed E-state index contributed by atoms with van der Waals surface area (Å²) in [5.74, 6) is 1.03. The first-order valence-corrected chi connectivity index (χ1v) is 9.15. The van der Waals surface area contributed by atoms with Crippen molar-refractivity contribution in [3.63, 3.8) is 0 Å². The Kier molecular flexibility index (Phi) is 6.69. The molecule has 0 aliphatic rings. The van der Waals surface area contributed by atoms with Gasteiger partial charge in [0, 0.05) is 10.2 Å². The molecule has 1 atom stereocenters. The lowest BCUT2D eigenvalue weighted by molar-refractivity contribution is -0.119. The van der Waals surface area contributed by atoms with Crippen molar-refractivity contribution in [2.45, 2.75) is 18.7 Å². The van der Waals surface area contributed by atoms with Crippen LogP contribution in [0.1, 0.15) is 29.7 Å². The Morgan fingerprint density at radius 1 is 1.26 bits per heavy atom. The highest BCUT2D eigenvalue weighted by atomic mass is 79.9. The molecule has 0 saturated carbocycles. The van der Waals surface area contributed by atoms with Crippen LogP contribution in [0.15, 0.2) is 53.0 Å². The van der Waals surface area contributed by atoms with Crippen LogP contribution >= 0.6 is 27.7 Å². The standard InChI is InChI=1S/C18H17BrN2OS/c1-13(14-6-8-17(19)9-7-14)21-18(22)12-23-11-16-5-3-2-4-15(16)10-20/h2-9,13H,11-12H2,1H3,(H,21,22)/t13-/m1/s1. The van der Waals surface area contributed by atoms with Gasteiger partial charge >= 0.3 is 0 Å². The van der Waals surface area contributed by atoms with Gasteiger partial charge in [-0.2, -0.15) is 5.26 Å². The molecule has 5 heteroatoms. The monoisotopic (exact) mass is 388 g/mol. The second kappa shape index (κ2) is 8.76. The van der Waals surface area contributed by atoms with Gasteiger partial charge in [-0.25, -0.2) is 0 Å². The molecule has 0 spiro atoms. The summed E-state index contributed by atoms with van der Waals surface area (Å²) in [6, 6.07) is 17.5. The molecule has 0 bridgehead atoms. The maximum atomic E-state index is 12.0. The van der Waals surface area contributed by atoms with E-state index < -0.39 is 0 Å². The second-order valence-corrected chi connectivity index (χ2v) is 7.00. The molecular weight excluding hydrogens is 372 g/mol. The van der Waals surface area contributed by atoms with Crippen LogP contribution in [0.4, 0.5) is 0 Å². The second-order valence-electron chi connectivity index (χ2n) is 5.10. The topological polar surface area (TPSA) is 52.9 Å². The maximum Gasteiger partial charge on any atom is 0.230 e. The fraction of sp³-hybridized carbons (Fsp3) is 0.222. The Bertz CT molecular complexity index is 710. The van der Waals surface area contributed by atoms with Gasteiger partial charge in [-0.15, -0.1) is 11.8 Å². The Morgan fingerprint density at radius 2 is 1.96 bits per heavy atom. The van der Waals surface area contributed by atoms with E-state index in [2.05, 4.69) is 27.3 Å². The van der Waals surface area contributed by atoms with Crippen molar-refractivity contribution < 1.29 is 4.79 Å². The Hall–Kier alpha value is -1.77. The number of hydrogen-bond acceptors (Lipinski definition) is 3. The summed E-state index contributed by atoms with van der Waals surface area (Å²) in [7, 11) is 0. The zero-order chi connectivity index (χ0) is 16.7. The largest absolute Gasteiger partial charge is 0.349 e. The van der Waals surface area contributed by atoms with Crippen LogP contribution in [0, 0.1) is 11.3 Å². The molecule has 1 N–H and O–H groups in total. The highest BCUT2D eigenvalue weighted by Crippen LogP contribution is 2.18. The first kappa shape index (κ1) is 17.6.